The van der Waals surface area contributed by atoms with E-state index in [9.17, 15) is 4.39 Å². The fourth-order valence-electron chi connectivity index (χ4n) is 2.73. The van der Waals surface area contributed by atoms with Crippen molar-refractivity contribution in [3.8, 4) is 0 Å². The number of hydrogen-bond acceptors (Lipinski definition) is 2. The first-order valence-corrected chi connectivity index (χ1v) is 6.93. The molecule has 1 aliphatic heterocycles. The molecule has 0 bridgehead atoms. The fraction of sp³-hybridized carbons (Fsp3) is 0.600. The van der Waals surface area contributed by atoms with E-state index in [0.717, 1.165) is 19.6 Å². The highest BCUT2D eigenvalue weighted by atomic mass is 19.1. The quantitative estimate of drug-likeness (QED) is 0.884. The molecule has 1 N–H and O–H groups in total. The number of rotatable bonds is 4. The second-order valence-corrected chi connectivity index (χ2v) is 5.10. The van der Waals surface area contributed by atoms with Crippen LogP contribution in [0.5, 0.6) is 0 Å². The molecule has 2 nitrogen and oxygen atoms in total. The third-order valence-corrected chi connectivity index (χ3v) is 3.92. The zero-order valence-electron chi connectivity index (χ0n) is 11.3. The molecule has 2 rings (SSSR count). The van der Waals surface area contributed by atoms with Crippen LogP contribution < -0.4 is 5.32 Å². The molecule has 1 fully saturated rings. The van der Waals surface area contributed by atoms with Crippen LogP contribution in [0.25, 0.3) is 0 Å². The van der Waals surface area contributed by atoms with Crippen molar-refractivity contribution in [2.24, 2.45) is 0 Å². The van der Waals surface area contributed by atoms with E-state index in [1.54, 1.807) is 12.1 Å². The fourth-order valence-corrected chi connectivity index (χ4v) is 2.73. The third kappa shape index (κ3) is 3.30. The van der Waals surface area contributed by atoms with Crippen LogP contribution in [-0.4, -0.2) is 30.6 Å². The molecule has 18 heavy (non-hydrogen) atoms. The number of piperidine rings is 1. The molecule has 1 heterocycles. The summed E-state index contributed by atoms with van der Waals surface area (Å²) in [5.41, 5.74) is 1.21. The highest BCUT2D eigenvalue weighted by Gasteiger charge is 2.22. The van der Waals surface area contributed by atoms with E-state index >= 15 is 0 Å². The maximum Gasteiger partial charge on any atom is 0.123 e. The van der Waals surface area contributed by atoms with Crippen molar-refractivity contribution in [3.05, 3.63) is 35.6 Å². The van der Waals surface area contributed by atoms with E-state index < -0.39 is 0 Å². The summed E-state index contributed by atoms with van der Waals surface area (Å²) in [5, 5.41) is 3.51. The number of benzene rings is 1. The molecule has 0 aliphatic carbocycles. The second-order valence-electron chi connectivity index (χ2n) is 5.10. The Labute approximate surface area is 109 Å². The van der Waals surface area contributed by atoms with Crippen molar-refractivity contribution >= 4 is 0 Å². The Balaban J connectivity index is 1.91. The van der Waals surface area contributed by atoms with Gasteiger partial charge in [0.2, 0.25) is 0 Å². The lowest BCUT2D eigenvalue weighted by Gasteiger charge is -2.36. The molecule has 1 aliphatic rings. The van der Waals surface area contributed by atoms with Gasteiger partial charge in [0.25, 0.3) is 0 Å². The molecular weight excluding hydrogens is 227 g/mol. The summed E-state index contributed by atoms with van der Waals surface area (Å²) < 4.78 is 12.9. The molecule has 0 amide bonds. The largest absolute Gasteiger partial charge is 0.314 e. The molecule has 1 saturated heterocycles. The summed E-state index contributed by atoms with van der Waals surface area (Å²) in [6.45, 7) is 7.67. The summed E-state index contributed by atoms with van der Waals surface area (Å²) >= 11 is 0. The predicted molar refractivity (Wildman–Crippen MR) is 73.1 cm³/mol. The van der Waals surface area contributed by atoms with Gasteiger partial charge < -0.3 is 5.32 Å². The molecule has 1 atom stereocenters. The second kappa shape index (κ2) is 6.30. The highest BCUT2D eigenvalue weighted by Crippen LogP contribution is 2.24. The van der Waals surface area contributed by atoms with Crippen molar-refractivity contribution in [3.63, 3.8) is 0 Å². The zero-order valence-corrected chi connectivity index (χ0v) is 11.3. The van der Waals surface area contributed by atoms with Crippen LogP contribution in [-0.2, 0) is 0 Å². The van der Waals surface area contributed by atoms with Gasteiger partial charge in [0, 0.05) is 25.2 Å². The van der Waals surface area contributed by atoms with Gasteiger partial charge in [0.1, 0.15) is 5.82 Å². The van der Waals surface area contributed by atoms with Gasteiger partial charge in [-0.1, -0.05) is 19.1 Å². The molecule has 1 unspecified atom stereocenters. The average molecular weight is 250 g/mol. The smallest absolute Gasteiger partial charge is 0.123 e. The Hall–Kier alpha value is -0.930. The molecule has 1 aromatic carbocycles. The number of likely N-dealkylation sites (tertiary alicyclic amines) is 1. The number of halogens is 1. The summed E-state index contributed by atoms with van der Waals surface area (Å²) in [6.07, 6.45) is 2.42. The molecule has 0 saturated carbocycles. The van der Waals surface area contributed by atoms with E-state index in [0.29, 0.717) is 12.1 Å². The minimum absolute atomic E-state index is 0.156. The first-order chi connectivity index (χ1) is 8.70. The van der Waals surface area contributed by atoms with Gasteiger partial charge >= 0.3 is 0 Å². The van der Waals surface area contributed by atoms with Crippen molar-refractivity contribution < 1.29 is 4.39 Å². The van der Waals surface area contributed by atoms with Crippen LogP contribution in [0.3, 0.4) is 0 Å². The minimum atomic E-state index is -0.156. The molecule has 0 spiro atoms. The Bertz CT molecular complexity index is 355. The molecular formula is C15H23FN2. The standard InChI is InChI=1S/C15H23FN2/c1-3-17-15-8-10-18(11-9-15)12(2)13-4-6-14(16)7-5-13/h4-7,12,15,17H,3,8-11H2,1-2H3. The summed E-state index contributed by atoms with van der Waals surface area (Å²) in [4.78, 5) is 2.49. The van der Waals surface area contributed by atoms with Gasteiger partial charge in [-0.2, -0.15) is 0 Å². The zero-order chi connectivity index (χ0) is 13.0. The van der Waals surface area contributed by atoms with Crippen LogP contribution in [0.1, 0.15) is 38.3 Å². The van der Waals surface area contributed by atoms with Crippen molar-refractivity contribution in [1.82, 2.24) is 10.2 Å². The van der Waals surface area contributed by atoms with Crippen molar-refractivity contribution in [2.45, 2.75) is 38.8 Å². The van der Waals surface area contributed by atoms with Gasteiger partial charge in [-0.3, -0.25) is 4.90 Å². The summed E-state index contributed by atoms with van der Waals surface area (Å²) in [6, 6.07) is 7.96. The number of nitrogens with one attached hydrogen (secondary N) is 1. The van der Waals surface area contributed by atoms with Crippen LogP contribution in [0.4, 0.5) is 4.39 Å². The SMILES string of the molecule is CCNC1CCN(C(C)c2ccc(F)cc2)CC1. The molecule has 0 aromatic heterocycles. The van der Waals surface area contributed by atoms with Gasteiger partial charge in [-0.05, 0) is 44.0 Å². The van der Waals surface area contributed by atoms with Crippen molar-refractivity contribution in [2.75, 3.05) is 19.6 Å². The average Bonchev–Trinajstić information content (AvgIpc) is 2.40. The lowest BCUT2D eigenvalue weighted by Crippen LogP contribution is -2.43. The first-order valence-electron chi connectivity index (χ1n) is 6.93. The monoisotopic (exact) mass is 250 g/mol. The van der Waals surface area contributed by atoms with Gasteiger partial charge in [0.05, 0.1) is 0 Å². The Morgan fingerprint density at radius 1 is 1.28 bits per heavy atom. The Morgan fingerprint density at radius 2 is 1.89 bits per heavy atom. The first kappa shape index (κ1) is 13.5. The topological polar surface area (TPSA) is 15.3 Å². The molecule has 0 radical (unpaired) electrons. The lowest BCUT2D eigenvalue weighted by molar-refractivity contribution is 0.153. The minimum Gasteiger partial charge on any atom is -0.314 e. The van der Waals surface area contributed by atoms with E-state index in [1.807, 2.05) is 12.1 Å². The van der Waals surface area contributed by atoms with Gasteiger partial charge in [-0.15, -0.1) is 0 Å². The molecule has 3 heteroatoms. The van der Waals surface area contributed by atoms with Crippen LogP contribution >= 0.6 is 0 Å². The van der Waals surface area contributed by atoms with Crippen LogP contribution in [0, 0.1) is 5.82 Å². The normalized spacial score (nSPS) is 19.9. The summed E-state index contributed by atoms with van der Waals surface area (Å²) in [7, 11) is 0. The summed E-state index contributed by atoms with van der Waals surface area (Å²) in [5.74, 6) is -0.156. The maximum atomic E-state index is 12.9. The lowest BCUT2D eigenvalue weighted by atomic mass is 10.00. The number of hydrogen-bond donors (Lipinski definition) is 1. The highest BCUT2D eigenvalue weighted by molar-refractivity contribution is 5.19. The van der Waals surface area contributed by atoms with E-state index in [2.05, 4.69) is 24.1 Å². The van der Waals surface area contributed by atoms with Crippen LogP contribution in [0.15, 0.2) is 24.3 Å². The predicted octanol–water partition coefficient (Wildman–Crippen LogP) is 2.96. The van der Waals surface area contributed by atoms with Gasteiger partial charge in [-0.25, -0.2) is 4.39 Å². The Kier molecular flexibility index (Phi) is 4.72. The van der Waals surface area contributed by atoms with Crippen LogP contribution in [0.2, 0.25) is 0 Å². The van der Waals surface area contributed by atoms with Gasteiger partial charge in [0.15, 0.2) is 0 Å². The van der Waals surface area contributed by atoms with E-state index in [1.165, 1.54) is 18.4 Å². The molecule has 1 aromatic rings. The van der Waals surface area contributed by atoms with E-state index in [-0.39, 0.29) is 5.82 Å². The maximum absolute atomic E-state index is 12.9. The Morgan fingerprint density at radius 3 is 2.44 bits per heavy atom. The number of nitrogens with zero attached hydrogens (tertiary/aromatic N) is 1. The third-order valence-electron chi connectivity index (χ3n) is 3.92. The van der Waals surface area contributed by atoms with E-state index in [4.69, 9.17) is 0 Å². The molecule has 100 valence electrons. The van der Waals surface area contributed by atoms with Crippen molar-refractivity contribution in [1.29, 1.82) is 0 Å².